The number of amides is 1. The van der Waals surface area contributed by atoms with Crippen molar-refractivity contribution in [1.29, 1.82) is 0 Å². The molecule has 1 heterocycles. The van der Waals surface area contributed by atoms with Crippen LogP contribution in [-0.2, 0) is 9.53 Å². The molecule has 4 nitrogen and oxygen atoms in total. The molecule has 2 rings (SSSR count). The number of carbonyl (C=O) groups is 1. The number of nitrogens with zero attached hydrogens (tertiary/aromatic N) is 1. The number of benzene rings is 1. The first-order chi connectivity index (χ1) is 10.2. The molecule has 0 atom stereocenters. The van der Waals surface area contributed by atoms with E-state index in [1.807, 2.05) is 31.2 Å². The van der Waals surface area contributed by atoms with E-state index in [2.05, 4.69) is 16.3 Å². The molecule has 1 aliphatic rings. The van der Waals surface area contributed by atoms with Crippen LogP contribution in [0.15, 0.2) is 30.3 Å². The molecule has 1 saturated heterocycles. The van der Waals surface area contributed by atoms with Crippen molar-refractivity contribution in [2.45, 2.75) is 13.3 Å². The van der Waals surface area contributed by atoms with Gasteiger partial charge in [-0.1, -0.05) is 29.8 Å². The van der Waals surface area contributed by atoms with Crippen molar-refractivity contribution in [2.24, 2.45) is 0 Å². The van der Waals surface area contributed by atoms with Crippen LogP contribution in [0.2, 0.25) is 0 Å². The molecule has 0 radical (unpaired) electrons. The van der Waals surface area contributed by atoms with E-state index in [1.54, 1.807) is 6.08 Å². The Morgan fingerprint density at radius 2 is 2.19 bits per heavy atom. The molecule has 0 aliphatic carbocycles. The third-order valence-corrected chi connectivity index (χ3v) is 3.52. The Bertz CT molecular complexity index is 479. The molecule has 0 saturated carbocycles. The third-order valence-electron chi connectivity index (χ3n) is 3.52. The molecule has 114 valence electrons. The maximum Gasteiger partial charge on any atom is 0.243 e. The van der Waals surface area contributed by atoms with Gasteiger partial charge >= 0.3 is 0 Å². The molecule has 0 spiro atoms. The average Bonchev–Trinajstić information content (AvgIpc) is 2.51. The molecule has 1 N–H and O–H groups in total. The van der Waals surface area contributed by atoms with Crippen LogP contribution in [-0.4, -0.2) is 50.2 Å². The number of morpholine rings is 1. The van der Waals surface area contributed by atoms with Crippen molar-refractivity contribution in [3.63, 3.8) is 0 Å². The zero-order valence-corrected chi connectivity index (χ0v) is 12.7. The normalized spacial score (nSPS) is 16.2. The van der Waals surface area contributed by atoms with Gasteiger partial charge in [0, 0.05) is 25.7 Å². The van der Waals surface area contributed by atoms with Gasteiger partial charge in [0.2, 0.25) is 5.91 Å². The van der Waals surface area contributed by atoms with Crippen LogP contribution in [0.5, 0.6) is 0 Å². The second kappa shape index (κ2) is 8.60. The van der Waals surface area contributed by atoms with Crippen LogP contribution in [0.1, 0.15) is 17.5 Å². The number of nitrogens with one attached hydrogen (secondary N) is 1. The Morgan fingerprint density at radius 1 is 1.38 bits per heavy atom. The number of aryl methyl sites for hydroxylation is 1. The fraction of sp³-hybridized carbons (Fsp3) is 0.471. The standard InChI is InChI=1S/C17H24N2O2/c1-15-4-2-5-16(14-15)6-7-17(20)18-8-3-9-19-10-12-21-13-11-19/h2,4-7,14H,3,8-13H2,1H3,(H,18,20)/b7-6+. The monoisotopic (exact) mass is 288 g/mol. The summed E-state index contributed by atoms with van der Waals surface area (Å²) in [6.07, 6.45) is 4.43. The fourth-order valence-corrected chi connectivity index (χ4v) is 2.34. The predicted octanol–water partition coefficient (Wildman–Crippen LogP) is 1.85. The Hall–Kier alpha value is -1.65. The SMILES string of the molecule is Cc1cccc(/C=C/C(=O)NCCCN2CCOCC2)c1. The second-order valence-corrected chi connectivity index (χ2v) is 5.35. The first-order valence-electron chi connectivity index (χ1n) is 7.57. The van der Waals surface area contributed by atoms with Gasteiger partial charge in [-0.05, 0) is 31.5 Å². The van der Waals surface area contributed by atoms with Gasteiger partial charge in [-0.2, -0.15) is 0 Å². The molecular formula is C17H24N2O2. The van der Waals surface area contributed by atoms with Gasteiger partial charge in [0.15, 0.2) is 0 Å². The van der Waals surface area contributed by atoms with Gasteiger partial charge in [-0.25, -0.2) is 0 Å². The summed E-state index contributed by atoms with van der Waals surface area (Å²) >= 11 is 0. The summed E-state index contributed by atoms with van der Waals surface area (Å²) in [5.41, 5.74) is 2.25. The van der Waals surface area contributed by atoms with Crippen molar-refractivity contribution in [3.8, 4) is 0 Å². The minimum Gasteiger partial charge on any atom is -0.379 e. The van der Waals surface area contributed by atoms with E-state index in [0.717, 1.165) is 44.8 Å². The number of hydrogen-bond acceptors (Lipinski definition) is 3. The van der Waals surface area contributed by atoms with E-state index in [1.165, 1.54) is 5.56 Å². The minimum absolute atomic E-state index is 0.0292. The summed E-state index contributed by atoms with van der Waals surface area (Å²) in [7, 11) is 0. The molecule has 1 aromatic carbocycles. The van der Waals surface area contributed by atoms with E-state index >= 15 is 0 Å². The molecule has 1 aromatic rings. The second-order valence-electron chi connectivity index (χ2n) is 5.35. The lowest BCUT2D eigenvalue weighted by atomic mass is 10.1. The Labute approximate surface area is 126 Å². The van der Waals surface area contributed by atoms with Crippen molar-refractivity contribution in [1.82, 2.24) is 10.2 Å². The minimum atomic E-state index is -0.0292. The third kappa shape index (κ3) is 6.10. The lowest BCUT2D eigenvalue weighted by Gasteiger charge is -2.26. The van der Waals surface area contributed by atoms with E-state index < -0.39 is 0 Å². The van der Waals surface area contributed by atoms with Gasteiger partial charge in [0.05, 0.1) is 13.2 Å². The van der Waals surface area contributed by atoms with Gasteiger partial charge in [-0.3, -0.25) is 9.69 Å². The van der Waals surface area contributed by atoms with Crippen molar-refractivity contribution in [3.05, 3.63) is 41.5 Å². The summed E-state index contributed by atoms with van der Waals surface area (Å²) in [6, 6.07) is 8.09. The summed E-state index contributed by atoms with van der Waals surface area (Å²) in [6.45, 7) is 7.43. The summed E-state index contributed by atoms with van der Waals surface area (Å²) < 4.78 is 5.31. The smallest absolute Gasteiger partial charge is 0.243 e. The van der Waals surface area contributed by atoms with Crippen LogP contribution in [0.25, 0.3) is 6.08 Å². The van der Waals surface area contributed by atoms with Crippen LogP contribution >= 0.6 is 0 Å². The van der Waals surface area contributed by atoms with Crippen LogP contribution in [0, 0.1) is 6.92 Å². The zero-order chi connectivity index (χ0) is 14.9. The number of rotatable bonds is 6. The fourth-order valence-electron chi connectivity index (χ4n) is 2.34. The van der Waals surface area contributed by atoms with Gasteiger partial charge in [-0.15, -0.1) is 0 Å². The van der Waals surface area contributed by atoms with Crippen LogP contribution < -0.4 is 5.32 Å². The maximum atomic E-state index is 11.7. The van der Waals surface area contributed by atoms with Crippen molar-refractivity contribution in [2.75, 3.05) is 39.4 Å². The average molecular weight is 288 g/mol. The number of ether oxygens (including phenoxy) is 1. The zero-order valence-electron chi connectivity index (χ0n) is 12.7. The quantitative estimate of drug-likeness (QED) is 0.641. The Balaban J connectivity index is 1.63. The van der Waals surface area contributed by atoms with Crippen LogP contribution in [0.3, 0.4) is 0 Å². The van der Waals surface area contributed by atoms with E-state index in [4.69, 9.17) is 4.74 Å². The number of hydrogen-bond donors (Lipinski definition) is 1. The molecular weight excluding hydrogens is 264 g/mol. The Kier molecular flexibility index (Phi) is 6.44. The van der Waals surface area contributed by atoms with Gasteiger partial charge in [0.1, 0.15) is 0 Å². The predicted molar refractivity (Wildman–Crippen MR) is 85.1 cm³/mol. The maximum absolute atomic E-state index is 11.7. The van der Waals surface area contributed by atoms with Gasteiger partial charge < -0.3 is 10.1 Å². The van der Waals surface area contributed by atoms with Gasteiger partial charge in [0.25, 0.3) is 0 Å². The molecule has 4 heteroatoms. The number of carbonyl (C=O) groups excluding carboxylic acids is 1. The lowest BCUT2D eigenvalue weighted by Crippen LogP contribution is -2.38. The van der Waals surface area contributed by atoms with E-state index in [-0.39, 0.29) is 5.91 Å². The summed E-state index contributed by atoms with van der Waals surface area (Å²) in [5, 5.41) is 2.92. The first-order valence-corrected chi connectivity index (χ1v) is 7.57. The molecule has 21 heavy (non-hydrogen) atoms. The van der Waals surface area contributed by atoms with Crippen molar-refractivity contribution >= 4 is 12.0 Å². The molecule has 0 bridgehead atoms. The highest BCUT2D eigenvalue weighted by Crippen LogP contribution is 2.05. The van der Waals surface area contributed by atoms with Crippen LogP contribution in [0.4, 0.5) is 0 Å². The van der Waals surface area contributed by atoms with E-state index in [0.29, 0.717) is 6.54 Å². The summed E-state index contributed by atoms with van der Waals surface area (Å²) in [5.74, 6) is -0.0292. The largest absolute Gasteiger partial charge is 0.379 e. The van der Waals surface area contributed by atoms with Crippen molar-refractivity contribution < 1.29 is 9.53 Å². The molecule has 0 aromatic heterocycles. The highest BCUT2D eigenvalue weighted by Gasteiger charge is 2.09. The molecule has 1 aliphatic heterocycles. The topological polar surface area (TPSA) is 41.6 Å². The lowest BCUT2D eigenvalue weighted by molar-refractivity contribution is -0.116. The summed E-state index contributed by atoms with van der Waals surface area (Å²) in [4.78, 5) is 14.1. The molecule has 1 fully saturated rings. The molecule has 0 unspecified atom stereocenters. The Morgan fingerprint density at radius 3 is 2.95 bits per heavy atom. The highest BCUT2D eigenvalue weighted by atomic mass is 16.5. The highest BCUT2D eigenvalue weighted by molar-refractivity contribution is 5.91. The van der Waals surface area contributed by atoms with E-state index in [9.17, 15) is 4.79 Å². The first kappa shape index (κ1) is 15.7. The molecule has 1 amide bonds.